The summed E-state index contributed by atoms with van der Waals surface area (Å²) in [4.78, 5) is 29.9. The quantitative estimate of drug-likeness (QED) is 0.334. The number of phosphoric ester groups is 1. The summed E-state index contributed by atoms with van der Waals surface area (Å²) in [5, 5.41) is 20.9. The summed E-state index contributed by atoms with van der Waals surface area (Å²) in [7, 11) is -5.18. The molecule has 2 saturated carbocycles. The SMILES string of the molecule is [2H]C([2H])(OP(=O)(O)O)[C@]12C[C@@H]1[C@@H](n1cnc3c(N)nc(Cl)nc31)[C@H](O)[C@@H]2O. The van der Waals surface area contributed by atoms with Crippen LogP contribution in [0.2, 0.25) is 5.28 Å². The van der Waals surface area contributed by atoms with E-state index >= 15 is 0 Å². The van der Waals surface area contributed by atoms with Crippen molar-refractivity contribution in [3.8, 4) is 0 Å². The number of fused-ring (bicyclic) bond motifs is 2. The number of anilines is 1. The van der Waals surface area contributed by atoms with E-state index in [1.54, 1.807) is 0 Å². The Hall–Kier alpha value is -1.33. The van der Waals surface area contributed by atoms with Crippen molar-refractivity contribution < 1.29 is 31.8 Å². The average molecular weight is 394 g/mol. The van der Waals surface area contributed by atoms with E-state index in [0.717, 1.165) is 0 Å². The predicted molar refractivity (Wildman–Crippen MR) is 84.3 cm³/mol. The maximum Gasteiger partial charge on any atom is 0.469 e. The first-order valence-electron chi connectivity index (χ1n) is 8.17. The van der Waals surface area contributed by atoms with E-state index in [1.807, 2.05) is 0 Å². The fourth-order valence-electron chi connectivity index (χ4n) is 3.61. The standard InChI is InChI=1S/C12H15ClN5O6P/c13-11-16-9(14)5-10(17-11)18(3-15-5)6-4-1-12(4,8(20)7(6)19)2-24-25(21,22)23/h3-4,6-8,19-20H,1-2H2,(H2,14,16,17)(H2,21,22,23)/t4-,6-,7+,8+,12-/m1/s1/i2D2. The van der Waals surface area contributed by atoms with Crippen LogP contribution in [0.4, 0.5) is 5.82 Å². The summed E-state index contributed by atoms with van der Waals surface area (Å²) < 4.78 is 32.8. The van der Waals surface area contributed by atoms with Crippen molar-refractivity contribution in [1.29, 1.82) is 0 Å². The maximum absolute atomic E-state index is 11.1. The van der Waals surface area contributed by atoms with E-state index in [2.05, 4.69) is 19.5 Å². The molecule has 2 aliphatic carbocycles. The van der Waals surface area contributed by atoms with Crippen molar-refractivity contribution >= 4 is 36.4 Å². The molecular weight excluding hydrogens is 377 g/mol. The summed E-state index contributed by atoms with van der Waals surface area (Å²) in [6.45, 7) is -2.88. The number of nitrogens with zero attached hydrogens (tertiary/aromatic N) is 4. The normalized spacial score (nSPS) is 36.2. The Bertz CT molecular complexity index is 987. The molecule has 5 atom stereocenters. The second kappa shape index (κ2) is 5.34. The first-order valence-corrected chi connectivity index (χ1v) is 9.08. The van der Waals surface area contributed by atoms with E-state index in [4.69, 9.17) is 29.9 Å². The number of nitrogens with two attached hydrogens (primary N) is 1. The van der Waals surface area contributed by atoms with Crippen molar-refractivity contribution in [1.82, 2.24) is 19.5 Å². The molecule has 11 nitrogen and oxygen atoms in total. The van der Waals surface area contributed by atoms with Gasteiger partial charge in [0.2, 0.25) is 5.28 Å². The van der Waals surface area contributed by atoms with Crippen LogP contribution in [0.25, 0.3) is 11.2 Å². The molecule has 0 radical (unpaired) electrons. The molecule has 0 unspecified atom stereocenters. The highest BCUT2D eigenvalue weighted by atomic mass is 35.5. The molecule has 0 aromatic carbocycles. The van der Waals surface area contributed by atoms with E-state index in [1.165, 1.54) is 10.9 Å². The predicted octanol–water partition coefficient (Wildman–Crippen LogP) is -0.546. The minimum absolute atomic E-state index is 0.0130. The first-order chi connectivity index (χ1) is 12.4. The molecule has 4 rings (SSSR count). The molecule has 0 amide bonds. The van der Waals surface area contributed by atoms with Crippen molar-refractivity contribution in [3.63, 3.8) is 0 Å². The summed E-state index contributed by atoms with van der Waals surface area (Å²) in [5.74, 6) is -0.685. The maximum atomic E-state index is 11.1. The Morgan fingerprint density at radius 1 is 1.52 bits per heavy atom. The zero-order chi connectivity index (χ0) is 19.9. The van der Waals surface area contributed by atoms with Gasteiger partial charge in [-0.25, -0.2) is 9.55 Å². The van der Waals surface area contributed by atoms with Gasteiger partial charge < -0.3 is 30.3 Å². The van der Waals surface area contributed by atoms with Crippen LogP contribution in [0, 0.1) is 11.3 Å². The van der Waals surface area contributed by atoms with Gasteiger partial charge >= 0.3 is 7.82 Å². The summed E-state index contributed by atoms with van der Waals surface area (Å²) >= 11 is 5.82. The molecule has 13 heteroatoms. The van der Waals surface area contributed by atoms with E-state index in [9.17, 15) is 14.8 Å². The fourth-order valence-corrected chi connectivity index (χ4v) is 4.07. The van der Waals surface area contributed by atoms with Gasteiger partial charge in [0.25, 0.3) is 0 Å². The summed E-state index contributed by atoms with van der Waals surface area (Å²) in [5.41, 5.74) is 4.45. The monoisotopic (exact) mass is 393 g/mol. The van der Waals surface area contributed by atoms with Crippen LogP contribution in [0.1, 0.15) is 15.2 Å². The van der Waals surface area contributed by atoms with Gasteiger partial charge in [-0.1, -0.05) is 0 Å². The second-order valence-electron chi connectivity index (χ2n) is 6.16. The van der Waals surface area contributed by atoms with Gasteiger partial charge in [-0.3, -0.25) is 4.52 Å². The summed E-state index contributed by atoms with van der Waals surface area (Å²) in [6, 6.07) is -0.884. The lowest BCUT2D eigenvalue weighted by atomic mass is 10.0. The van der Waals surface area contributed by atoms with Crippen LogP contribution >= 0.6 is 19.4 Å². The Morgan fingerprint density at radius 3 is 2.92 bits per heavy atom. The number of hydrogen-bond acceptors (Lipinski definition) is 8. The average Bonchev–Trinajstić information content (AvgIpc) is 3.06. The molecular formula is C12H15ClN5O6P. The number of aliphatic hydroxyl groups is 2. The van der Waals surface area contributed by atoms with Crippen molar-refractivity contribution in [3.05, 3.63) is 11.6 Å². The van der Waals surface area contributed by atoms with Crippen LogP contribution in [-0.2, 0) is 9.09 Å². The molecule has 0 aliphatic heterocycles. The number of nitrogen functional groups attached to an aromatic ring is 1. The Balaban J connectivity index is 1.77. The van der Waals surface area contributed by atoms with Crippen molar-refractivity contribution in [2.45, 2.75) is 24.7 Å². The Labute approximate surface area is 148 Å². The molecule has 6 N–H and O–H groups in total. The molecule has 2 aromatic heterocycles. The molecule has 2 aliphatic rings. The molecule has 0 saturated heterocycles. The van der Waals surface area contributed by atoms with E-state index in [0.29, 0.717) is 0 Å². The van der Waals surface area contributed by atoms with Crippen LogP contribution < -0.4 is 5.73 Å². The molecule has 2 aromatic rings. The molecule has 0 spiro atoms. The minimum atomic E-state index is -5.18. The lowest BCUT2D eigenvalue weighted by Crippen LogP contribution is -2.35. The van der Waals surface area contributed by atoms with E-state index in [-0.39, 0.29) is 28.7 Å². The van der Waals surface area contributed by atoms with Gasteiger partial charge in [-0.2, -0.15) is 9.97 Å². The minimum Gasteiger partial charge on any atom is -0.390 e. The number of aromatic nitrogens is 4. The van der Waals surface area contributed by atoms with Gasteiger partial charge in [0.1, 0.15) is 11.6 Å². The van der Waals surface area contributed by atoms with Gasteiger partial charge in [-0.05, 0) is 23.9 Å². The third-order valence-electron chi connectivity index (χ3n) is 4.77. The third-order valence-corrected chi connectivity index (χ3v) is 5.27. The van der Waals surface area contributed by atoms with Crippen LogP contribution in [-0.4, -0.2) is 58.3 Å². The van der Waals surface area contributed by atoms with Crippen LogP contribution in [0.3, 0.4) is 0 Å². The Morgan fingerprint density at radius 2 is 2.24 bits per heavy atom. The zero-order valence-corrected chi connectivity index (χ0v) is 14.0. The molecule has 25 heavy (non-hydrogen) atoms. The Kier molecular flexibility index (Phi) is 3.16. The lowest BCUT2D eigenvalue weighted by Gasteiger charge is -2.24. The number of imidazole rings is 1. The number of halogens is 1. The topological polar surface area (TPSA) is 177 Å². The van der Waals surface area contributed by atoms with Crippen LogP contribution in [0.15, 0.2) is 6.33 Å². The second-order valence-corrected chi connectivity index (χ2v) is 7.66. The van der Waals surface area contributed by atoms with Gasteiger partial charge in [-0.15, -0.1) is 0 Å². The summed E-state index contributed by atoms with van der Waals surface area (Å²) in [6.07, 6.45) is -1.77. The molecule has 136 valence electrons. The molecule has 2 fully saturated rings. The van der Waals surface area contributed by atoms with Gasteiger partial charge in [0.05, 0.1) is 27.8 Å². The third kappa shape index (κ3) is 2.55. The van der Waals surface area contributed by atoms with Gasteiger partial charge in [0, 0.05) is 5.41 Å². The van der Waals surface area contributed by atoms with Gasteiger partial charge in [0.15, 0.2) is 11.5 Å². The highest BCUT2D eigenvalue weighted by Crippen LogP contribution is 2.68. The smallest absolute Gasteiger partial charge is 0.390 e. The van der Waals surface area contributed by atoms with Crippen molar-refractivity contribution in [2.75, 3.05) is 12.3 Å². The van der Waals surface area contributed by atoms with E-state index < -0.39 is 44.0 Å². The largest absolute Gasteiger partial charge is 0.469 e. The number of phosphoric acid groups is 1. The highest BCUT2D eigenvalue weighted by Gasteiger charge is 2.72. The fraction of sp³-hybridized carbons (Fsp3) is 0.583. The number of aliphatic hydroxyl groups excluding tert-OH is 2. The number of rotatable bonds is 4. The molecule has 0 bridgehead atoms. The van der Waals surface area contributed by atoms with Crippen LogP contribution in [0.5, 0.6) is 0 Å². The zero-order valence-electron chi connectivity index (χ0n) is 14.4. The lowest BCUT2D eigenvalue weighted by molar-refractivity contribution is -0.0297. The first kappa shape index (κ1) is 14.8. The highest BCUT2D eigenvalue weighted by molar-refractivity contribution is 7.46. The number of hydrogen-bond donors (Lipinski definition) is 5. The van der Waals surface area contributed by atoms with Crippen molar-refractivity contribution in [2.24, 2.45) is 11.3 Å². The molecule has 2 heterocycles.